The van der Waals surface area contributed by atoms with Gasteiger partial charge in [-0.05, 0) is 68.4 Å². The first-order valence-corrected chi connectivity index (χ1v) is 13.9. The molecule has 1 aromatic heterocycles. The number of sulfonamides is 1. The van der Waals surface area contributed by atoms with Gasteiger partial charge in [0.2, 0.25) is 10.0 Å². The number of thiophene rings is 1. The third kappa shape index (κ3) is 5.77. The summed E-state index contributed by atoms with van der Waals surface area (Å²) in [6.45, 7) is 0.477. The lowest BCUT2D eigenvalue weighted by atomic mass is 10.1. The van der Waals surface area contributed by atoms with Gasteiger partial charge in [0.15, 0.2) is 6.61 Å². The van der Waals surface area contributed by atoms with Crippen LogP contribution in [0.4, 0.5) is 5.69 Å². The molecule has 0 unspecified atom stereocenters. The van der Waals surface area contributed by atoms with E-state index in [2.05, 4.69) is 5.32 Å². The van der Waals surface area contributed by atoms with Gasteiger partial charge in [-0.15, -0.1) is 11.3 Å². The molecule has 2 heterocycles. The van der Waals surface area contributed by atoms with E-state index in [0.717, 1.165) is 44.9 Å². The smallest absolute Gasteiger partial charge is 0.348 e. The number of esters is 1. The van der Waals surface area contributed by atoms with E-state index in [1.807, 2.05) is 6.07 Å². The van der Waals surface area contributed by atoms with Gasteiger partial charge in [0.1, 0.15) is 4.88 Å². The molecule has 178 valence electrons. The van der Waals surface area contributed by atoms with Gasteiger partial charge in [0, 0.05) is 18.0 Å². The number of ether oxygens (including phenoxy) is 1. The van der Waals surface area contributed by atoms with Crippen LogP contribution < -0.4 is 5.32 Å². The van der Waals surface area contributed by atoms with E-state index in [4.69, 9.17) is 16.3 Å². The number of carbonyl (C=O) groups excluding carboxylic acids is 2. The lowest BCUT2D eigenvalue weighted by Crippen LogP contribution is -2.35. The number of carbonyl (C=O) groups is 2. The Morgan fingerprint density at radius 3 is 2.55 bits per heavy atom. The van der Waals surface area contributed by atoms with Gasteiger partial charge < -0.3 is 10.1 Å². The quantitative estimate of drug-likeness (QED) is 0.451. The number of piperidine rings is 1. The zero-order valence-electron chi connectivity index (χ0n) is 18.3. The molecule has 1 fully saturated rings. The molecule has 4 rings (SSSR count). The number of nitrogens with one attached hydrogen (secondary N) is 1. The third-order valence-electron chi connectivity index (χ3n) is 5.95. The molecule has 1 aromatic carbocycles. The maximum Gasteiger partial charge on any atom is 0.348 e. The Kier molecular flexibility index (Phi) is 7.73. The molecule has 0 saturated carbocycles. The lowest BCUT2D eigenvalue weighted by molar-refractivity contribution is -0.119. The van der Waals surface area contributed by atoms with Crippen molar-refractivity contribution in [3.63, 3.8) is 0 Å². The largest absolute Gasteiger partial charge is 0.451 e. The third-order valence-corrected chi connectivity index (χ3v) is 9.39. The summed E-state index contributed by atoms with van der Waals surface area (Å²) in [5.74, 6) is -1.12. The molecule has 0 radical (unpaired) electrons. The number of hydrogen-bond donors (Lipinski definition) is 1. The number of anilines is 1. The maximum atomic E-state index is 12.9. The van der Waals surface area contributed by atoms with E-state index in [1.165, 1.54) is 50.7 Å². The van der Waals surface area contributed by atoms with E-state index in [0.29, 0.717) is 18.0 Å². The van der Waals surface area contributed by atoms with Crippen molar-refractivity contribution >= 4 is 50.5 Å². The van der Waals surface area contributed by atoms with E-state index in [-0.39, 0.29) is 15.6 Å². The van der Waals surface area contributed by atoms with Crippen molar-refractivity contribution in [2.75, 3.05) is 25.0 Å². The van der Waals surface area contributed by atoms with Crippen LogP contribution in [0.5, 0.6) is 0 Å². The summed E-state index contributed by atoms with van der Waals surface area (Å²) in [7, 11) is -3.66. The Labute approximate surface area is 203 Å². The minimum Gasteiger partial charge on any atom is -0.451 e. The Balaban J connectivity index is 1.38. The van der Waals surface area contributed by atoms with Gasteiger partial charge in [-0.3, -0.25) is 4.79 Å². The molecule has 1 saturated heterocycles. The summed E-state index contributed by atoms with van der Waals surface area (Å²) >= 11 is 7.61. The second kappa shape index (κ2) is 10.5. The fourth-order valence-corrected chi connectivity index (χ4v) is 7.03. The monoisotopic (exact) mass is 510 g/mol. The van der Waals surface area contributed by atoms with Gasteiger partial charge >= 0.3 is 5.97 Å². The van der Waals surface area contributed by atoms with Gasteiger partial charge in [-0.25, -0.2) is 13.2 Å². The van der Waals surface area contributed by atoms with Crippen LogP contribution >= 0.6 is 22.9 Å². The van der Waals surface area contributed by atoms with Crippen LogP contribution in [-0.2, 0) is 32.4 Å². The first-order chi connectivity index (χ1) is 15.8. The van der Waals surface area contributed by atoms with Crippen molar-refractivity contribution in [2.45, 2.75) is 56.3 Å². The second-order valence-corrected chi connectivity index (χ2v) is 11.8. The molecule has 0 atom stereocenters. The number of halogens is 1. The average Bonchev–Trinajstić information content (AvgIpc) is 3.09. The summed E-state index contributed by atoms with van der Waals surface area (Å²) in [6.07, 6.45) is 8.05. The Morgan fingerprint density at radius 2 is 1.76 bits per heavy atom. The van der Waals surface area contributed by atoms with Crippen molar-refractivity contribution in [3.8, 4) is 0 Å². The molecule has 0 bridgehead atoms. The van der Waals surface area contributed by atoms with Gasteiger partial charge in [0.25, 0.3) is 5.91 Å². The Hall–Kier alpha value is -1.94. The van der Waals surface area contributed by atoms with Gasteiger partial charge in [-0.2, -0.15) is 4.31 Å². The molecule has 2 aliphatic rings. The first-order valence-electron chi connectivity index (χ1n) is 11.2. The highest BCUT2D eigenvalue weighted by Crippen LogP contribution is 2.30. The first kappa shape index (κ1) is 24.2. The molecule has 0 spiro atoms. The van der Waals surface area contributed by atoms with Crippen molar-refractivity contribution in [2.24, 2.45) is 0 Å². The zero-order valence-corrected chi connectivity index (χ0v) is 20.7. The minimum absolute atomic E-state index is 0.0705. The normalized spacial score (nSPS) is 17.1. The predicted molar refractivity (Wildman–Crippen MR) is 129 cm³/mol. The molecule has 2 aromatic rings. The lowest BCUT2D eigenvalue weighted by Gasteiger charge is -2.26. The average molecular weight is 511 g/mol. The maximum absolute atomic E-state index is 12.9. The van der Waals surface area contributed by atoms with Crippen molar-refractivity contribution in [1.29, 1.82) is 0 Å². The summed E-state index contributed by atoms with van der Waals surface area (Å²) in [5.41, 5.74) is 1.37. The number of benzene rings is 1. The fraction of sp³-hybridized carbons (Fsp3) is 0.478. The Bertz CT molecular complexity index is 1120. The second-order valence-electron chi connectivity index (χ2n) is 8.35. The van der Waals surface area contributed by atoms with Gasteiger partial charge in [0.05, 0.1) is 15.6 Å². The number of amides is 1. The van der Waals surface area contributed by atoms with Crippen molar-refractivity contribution < 1.29 is 22.7 Å². The number of hydrogen-bond acceptors (Lipinski definition) is 6. The predicted octanol–water partition coefficient (Wildman–Crippen LogP) is 4.64. The van der Waals surface area contributed by atoms with Crippen LogP contribution in [0.25, 0.3) is 0 Å². The molecule has 1 amide bonds. The van der Waals surface area contributed by atoms with Crippen LogP contribution in [0.1, 0.15) is 58.6 Å². The van der Waals surface area contributed by atoms with Crippen LogP contribution in [0.3, 0.4) is 0 Å². The van der Waals surface area contributed by atoms with E-state index in [9.17, 15) is 18.0 Å². The highest BCUT2D eigenvalue weighted by atomic mass is 35.5. The fourth-order valence-electron chi connectivity index (χ4n) is 4.17. The van der Waals surface area contributed by atoms with Crippen LogP contribution in [0.15, 0.2) is 29.2 Å². The summed E-state index contributed by atoms with van der Waals surface area (Å²) in [4.78, 5) is 26.6. The number of aryl methyl sites for hydroxylation is 2. The SMILES string of the molecule is O=C(COC(=O)c1cc2c(s1)CCCCC2)Nc1cc(S(=O)(=O)N2CCCCC2)ccc1Cl. The van der Waals surface area contributed by atoms with Crippen LogP contribution in [-0.4, -0.2) is 44.3 Å². The standard InChI is InChI=1S/C23H27ClN2O5S2/c24-18-10-9-17(33(29,30)26-11-5-2-6-12-26)14-19(18)25-22(27)15-31-23(28)21-13-16-7-3-1-4-8-20(16)32-21/h9-10,13-14H,1-8,11-12,15H2,(H,25,27). The molecule has 1 aliphatic heterocycles. The van der Waals surface area contributed by atoms with E-state index in [1.54, 1.807) is 0 Å². The van der Waals surface area contributed by atoms with E-state index >= 15 is 0 Å². The zero-order chi connectivity index (χ0) is 23.4. The number of nitrogens with zero attached hydrogens (tertiary/aromatic N) is 1. The van der Waals surface area contributed by atoms with Crippen molar-refractivity contribution in [3.05, 3.63) is 44.6 Å². The van der Waals surface area contributed by atoms with Crippen LogP contribution in [0, 0.1) is 0 Å². The Morgan fingerprint density at radius 1 is 1.03 bits per heavy atom. The van der Waals surface area contributed by atoms with Crippen molar-refractivity contribution in [1.82, 2.24) is 4.31 Å². The number of fused-ring (bicyclic) bond motifs is 1. The summed E-state index contributed by atoms with van der Waals surface area (Å²) in [5, 5.41) is 2.77. The molecule has 1 N–H and O–H groups in total. The molecule has 33 heavy (non-hydrogen) atoms. The molecular formula is C23H27ClN2O5S2. The minimum atomic E-state index is -3.66. The highest BCUT2D eigenvalue weighted by Gasteiger charge is 2.27. The number of rotatable bonds is 6. The van der Waals surface area contributed by atoms with E-state index < -0.39 is 28.5 Å². The molecule has 7 nitrogen and oxygen atoms in total. The van der Waals surface area contributed by atoms with Gasteiger partial charge in [-0.1, -0.05) is 24.4 Å². The highest BCUT2D eigenvalue weighted by molar-refractivity contribution is 7.89. The molecular weight excluding hydrogens is 484 g/mol. The van der Waals surface area contributed by atoms with Crippen LogP contribution in [0.2, 0.25) is 5.02 Å². The molecule has 1 aliphatic carbocycles. The topological polar surface area (TPSA) is 92.8 Å². The molecule has 10 heteroatoms. The summed E-state index contributed by atoms with van der Waals surface area (Å²) < 4.78 is 32.5. The summed E-state index contributed by atoms with van der Waals surface area (Å²) in [6, 6.07) is 6.10.